The number of aromatic nitrogens is 1. The number of rotatable bonds is 5. The highest BCUT2D eigenvalue weighted by molar-refractivity contribution is 6.05. The normalized spacial score (nSPS) is 12.3. The van der Waals surface area contributed by atoms with Crippen molar-refractivity contribution in [2.75, 3.05) is 5.32 Å². The molecular weight excluding hydrogens is 326 g/mol. The van der Waals surface area contributed by atoms with E-state index in [0.29, 0.717) is 11.3 Å². The third-order valence-electron chi connectivity index (χ3n) is 4.25. The van der Waals surface area contributed by atoms with E-state index in [2.05, 4.69) is 36.4 Å². The van der Waals surface area contributed by atoms with Crippen LogP contribution in [0.2, 0.25) is 0 Å². The van der Waals surface area contributed by atoms with Crippen molar-refractivity contribution in [2.24, 2.45) is 0 Å². The summed E-state index contributed by atoms with van der Waals surface area (Å²) < 4.78 is 0. The molecule has 0 saturated heterocycles. The van der Waals surface area contributed by atoms with Crippen LogP contribution >= 0.6 is 0 Å². The first-order valence-electron chi connectivity index (χ1n) is 8.89. The van der Waals surface area contributed by atoms with Crippen LogP contribution in [0.5, 0.6) is 0 Å². The fourth-order valence-electron chi connectivity index (χ4n) is 2.35. The van der Waals surface area contributed by atoms with Gasteiger partial charge in [-0.05, 0) is 48.6 Å². The van der Waals surface area contributed by atoms with Gasteiger partial charge in [-0.15, -0.1) is 0 Å². The van der Waals surface area contributed by atoms with Gasteiger partial charge in [-0.1, -0.05) is 39.8 Å². The van der Waals surface area contributed by atoms with Gasteiger partial charge in [0.15, 0.2) is 0 Å². The Labute approximate surface area is 155 Å². The maximum Gasteiger partial charge on any atom is 0.270 e. The lowest BCUT2D eigenvalue weighted by atomic mass is 9.87. The topological polar surface area (TPSA) is 71.1 Å². The maximum atomic E-state index is 12.5. The molecule has 2 N–H and O–H groups in total. The van der Waals surface area contributed by atoms with Crippen LogP contribution in [0.4, 0.5) is 5.69 Å². The van der Waals surface area contributed by atoms with Crippen LogP contribution in [0.3, 0.4) is 0 Å². The zero-order valence-corrected chi connectivity index (χ0v) is 16.1. The van der Waals surface area contributed by atoms with E-state index in [0.717, 1.165) is 6.42 Å². The second-order valence-electron chi connectivity index (χ2n) is 7.49. The van der Waals surface area contributed by atoms with Gasteiger partial charge < -0.3 is 10.6 Å². The molecule has 5 nitrogen and oxygen atoms in total. The molecule has 1 unspecified atom stereocenters. The Morgan fingerprint density at radius 1 is 1.08 bits per heavy atom. The van der Waals surface area contributed by atoms with Crippen molar-refractivity contribution >= 4 is 17.5 Å². The van der Waals surface area contributed by atoms with Crippen molar-refractivity contribution < 1.29 is 9.59 Å². The first-order chi connectivity index (χ1) is 12.2. The maximum absolute atomic E-state index is 12.5. The molecule has 0 saturated carbocycles. The summed E-state index contributed by atoms with van der Waals surface area (Å²) in [6, 6.07) is 10.9. The van der Waals surface area contributed by atoms with Gasteiger partial charge in [-0.25, -0.2) is 0 Å². The predicted molar refractivity (Wildman–Crippen MR) is 105 cm³/mol. The molecule has 0 spiro atoms. The van der Waals surface area contributed by atoms with E-state index >= 15 is 0 Å². The third kappa shape index (κ3) is 5.15. The molecule has 138 valence electrons. The Morgan fingerprint density at radius 3 is 2.31 bits per heavy atom. The Morgan fingerprint density at radius 2 is 1.73 bits per heavy atom. The molecule has 26 heavy (non-hydrogen) atoms. The van der Waals surface area contributed by atoms with Crippen molar-refractivity contribution in [3.05, 3.63) is 59.4 Å². The summed E-state index contributed by atoms with van der Waals surface area (Å²) in [5.41, 5.74) is 2.61. The molecule has 0 aliphatic rings. The minimum absolute atomic E-state index is 0.0584. The first-order valence-corrected chi connectivity index (χ1v) is 8.89. The summed E-state index contributed by atoms with van der Waals surface area (Å²) in [7, 11) is 0. The Hall–Kier alpha value is -2.69. The van der Waals surface area contributed by atoms with Gasteiger partial charge in [-0.2, -0.15) is 0 Å². The van der Waals surface area contributed by atoms with Crippen molar-refractivity contribution in [3.8, 4) is 0 Å². The molecule has 2 amide bonds. The van der Waals surface area contributed by atoms with E-state index in [1.165, 1.54) is 17.8 Å². The van der Waals surface area contributed by atoms with E-state index in [1.807, 2.05) is 38.1 Å². The number of hydrogen-bond donors (Lipinski definition) is 2. The largest absolute Gasteiger partial charge is 0.348 e. The highest BCUT2D eigenvalue weighted by Crippen LogP contribution is 2.23. The number of benzene rings is 1. The lowest BCUT2D eigenvalue weighted by Crippen LogP contribution is -2.32. The van der Waals surface area contributed by atoms with E-state index in [1.54, 1.807) is 6.07 Å². The molecule has 0 radical (unpaired) electrons. The lowest BCUT2D eigenvalue weighted by molar-refractivity contribution is 0.0934. The molecule has 2 aromatic rings. The van der Waals surface area contributed by atoms with Gasteiger partial charge >= 0.3 is 0 Å². The molecule has 0 aliphatic heterocycles. The Bertz CT molecular complexity index is 777. The Balaban J connectivity index is 2.10. The molecular formula is C21H27N3O2. The van der Waals surface area contributed by atoms with Crippen LogP contribution in [0.15, 0.2) is 42.6 Å². The number of carbonyl (C=O) groups is 2. The van der Waals surface area contributed by atoms with Crippen LogP contribution in [0.25, 0.3) is 0 Å². The number of carbonyl (C=O) groups excluding carboxylic acids is 2. The van der Waals surface area contributed by atoms with Gasteiger partial charge in [0, 0.05) is 23.5 Å². The van der Waals surface area contributed by atoms with E-state index in [9.17, 15) is 9.59 Å². The number of nitrogens with one attached hydrogen (secondary N) is 2. The average Bonchev–Trinajstić information content (AvgIpc) is 2.61. The Kier molecular flexibility index (Phi) is 6.14. The predicted octanol–water partition coefficient (Wildman–Crippen LogP) is 4.16. The monoisotopic (exact) mass is 353 g/mol. The van der Waals surface area contributed by atoms with Crippen molar-refractivity contribution in [3.63, 3.8) is 0 Å². The van der Waals surface area contributed by atoms with Crippen molar-refractivity contribution in [1.82, 2.24) is 10.3 Å². The number of pyridine rings is 1. The molecule has 1 aromatic heterocycles. The summed E-state index contributed by atoms with van der Waals surface area (Å²) in [6.07, 6.45) is 2.31. The molecule has 0 bridgehead atoms. The molecule has 5 heteroatoms. The second kappa shape index (κ2) is 8.13. The average molecular weight is 353 g/mol. The molecule has 0 fully saturated rings. The van der Waals surface area contributed by atoms with Crippen molar-refractivity contribution in [2.45, 2.75) is 52.5 Å². The van der Waals surface area contributed by atoms with Gasteiger partial charge in [-0.3, -0.25) is 14.6 Å². The van der Waals surface area contributed by atoms with E-state index < -0.39 is 0 Å². The molecule has 1 atom stereocenters. The minimum atomic E-state index is -0.275. The first kappa shape index (κ1) is 19.6. The minimum Gasteiger partial charge on any atom is -0.348 e. The number of nitrogens with zero attached hydrogens (tertiary/aromatic N) is 1. The van der Waals surface area contributed by atoms with E-state index in [-0.39, 0.29) is 29.0 Å². The summed E-state index contributed by atoms with van der Waals surface area (Å²) in [5.74, 6) is -0.544. The standard InChI is InChI=1S/C21H27N3O2/c1-6-14(2)23-20(26)18-13-15(11-12-22-18)19(25)24-17-9-7-16(8-10-17)21(3,4)5/h7-14H,6H2,1-5H3,(H,23,26)(H,24,25). The highest BCUT2D eigenvalue weighted by atomic mass is 16.2. The van der Waals surface area contributed by atoms with Gasteiger partial charge in [0.25, 0.3) is 11.8 Å². The summed E-state index contributed by atoms with van der Waals surface area (Å²) in [5, 5.41) is 5.71. The zero-order chi connectivity index (χ0) is 19.3. The summed E-state index contributed by atoms with van der Waals surface area (Å²) >= 11 is 0. The van der Waals surface area contributed by atoms with Crippen molar-refractivity contribution in [1.29, 1.82) is 0 Å². The summed E-state index contributed by atoms with van der Waals surface area (Å²) in [6.45, 7) is 10.3. The van der Waals surface area contributed by atoms with Crippen LogP contribution in [0, 0.1) is 0 Å². The highest BCUT2D eigenvalue weighted by Gasteiger charge is 2.15. The number of amides is 2. The van der Waals surface area contributed by atoms with Crippen LogP contribution < -0.4 is 10.6 Å². The van der Waals surface area contributed by atoms with Gasteiger partial charge in [0.2, 0.25) is 0 Å². The smallest absolute Gasteiger partial charge is 0.270 e. The number of hydrogen-bond acceptors (Lipinski definition) is 3. The lowest BCUT2D eigenvalue weighted by Gasteiger charge is -2.19. The second-order valence-corrected chi connectivity index (χ2v) is 7.49. The fraction of sp³-hybridized carbons (Fsp3) is 0.381. The zero-order valence-electron chi connectivity index (χ0n) is 16.1. The van der Waals surface area contributed by atoms with Gasteiger partial charge in [0.05, 0.1) is 0 Å². The van der Waals surface area contributed by atoms with Crippen LogP contribution in [0.1, 0.15) is 67.4 Å². The molecule has 1 aromatic carbocycles. The fourth-order valence-corrected chi connectivity index (χ4v) is 2.35. The molecule has 2 rings (SSSR count). The number of anilines is 1. The van der Waals surface area contributed by atoms with Gasteiger partial charge in [0.1, 0.15) is 5.69 Å². The third-order valence-corrected chi connectivity index (χ3v) is 4.25. The van der Waals surface area contributed by atoms with Crippen LogP contribution in [-0.2, 0) is 5.41 Å². The van der Waals surface area contributed by atoms with E-state index in [4.69, 9.17) is 0 Å². The quantitative estimate of drug-likeness (QED) is 0.848. The molecule has 1 heterocycles. The summed E-state index contributed by atoms with van der Waals surface area (Å²) in [4.78, 5) is 28.7. The van der Waals surface area contributed by atoms with Crippen LogP contribution in [-0.4, -0.2) is 22.8 Å². The SMILES string of the molecule is CCC(C)NC(=O)c1cc(C(=O)Nc2ccc(C(C)(C)C)cc2)ccn1. The molecule has 0 aliphatic carbocycles.